The number of carbonyl (C=O) groups is 6. The molecule has 0 radical (unpaired) electrons. The van der Waals surface area contributed by atoms with Crippen molar-refractivity contribution in [1.29, 1.82) is 0 Å². The van der Waals surface area contributed by atoms with Gasteiger partial charge in [0.05, 0.1) is 13.2 Å². The molecule has 0 saturated carbocycles. The summed E-state index contributed by atoms with van der Waals surface area (Å²) in [5.41, 5.74) is -2.74. The van der Waals surface area contributed by atoms with Gasteiger partial charge in [-0.15, -0.1) is 9.46 Å². The molecular formula is C46H50N8O12S4. The van der Waals surface area contributed by atoms with Crippen molar-refractivity contribution in [1.82, 2.24) is 40.5 Å². The first-order chi connectivity index (χ1) is 33.5. The highest BCUT2D eigenvalue weighted by Crippen LogP contribution is 2.21. The molecule has 2 aromatic carbocycles. The molecule has 1 unspecified atom stereocenters. The zero-order chi connectivity index (χ0) is 50.4. The number of aromatic nitrogens is 2. The molecule has 0 bridgehead atoms. The van der Waals surface area contributed by atoms with E-state index >= 15 is 0 Å². The van der Waals surface area contributed by atoms with E-state index in [1.807, 2.05) is 0 Å². The van der Waals surface area contributed by atoms with E-state index in [2.05, 4.69) is 21.3 Å². The summed E-state index contributed by atoms with van der Waals surface area (Å²) in [4.78, 5) is 124. The number of alkyl carbamates (subject to hydrolysis) is 1. The van der Waals surface area contributed by atoms with Crippen LogP contribution in [0.3, 0.4) is 0 Å². The Labute approximate surface area is 421 Å². The zero-order valence-electron chi connectivity index (χ0n) is 38.3. The van der Waals surface area contributed by atoms with E-state index in [4.69, 9.17) is 43.6 Å². The zero-order valence-corrected chi connectivity index (χ0v) is 41.5. The van der Waals surface area contributed by atoms with Crippen LogP contribution in [0.5, 0.6) is 0 Å². The first-order valence-corrected chi connectivity index (χ1v) is 24.6. The quantitative estimate of drug-likeness (QED) is 0.0735. The highest BCUT2D eigenvalue weighted by atomic mass is 32.2. The number of ether oxygens (including phenoxy) is 2. The Morgan fingerprint density at radius 1 is 0.643 bits per heavy atom. The van der Waals surface area contributed by atoms with Crippen molar-refractivity contribution >= 4 is 92.2 Å². The van der Waals surface area contributed by atoms with Gasteiger partial charge in [0, 0.05) is 44.2 Å². The summed E-state index contributed by atoms with van der Waals surface area (Å²) in [7, 11) is 0. The number of amides is 6. The average molecular weight is 1040 g/mol. The maximum atomic E-state index is 14.2. The Hall–Kier alpha value is -6.60. The molecule has 2 aliphatic rings. The van der Waals surface area contributed by atoms with E-state index in [0.717, 1.165) is 0 Å². The summed E-state index contributed by atoms with van der Waals surface area (Å²) >= 11 is 13.2. The average Bonchev–Trinajstić information content (AvgIpc) is 3.98. The van der Waals surface area contributed by atoms with Crippen LogP contribution in [0.2, 0.25) is 0 Å². The Morgan fingerprint density at radius 2 is 1.11 bits per heavy atom. The number of benzene rings is 2. The predicted octanol–water partition coefficient (Wildman–Crippen LogP) is 2.40. The Kier molecular flexibility index (Phi) is 18.7. The number of pyridine rings is 2. The van der Waals surface area contributed by atoms with Crippen molar-refractivity contribution in [3.63, 3.8) is 0 Å². The predicted molar refractivity (Wildman–Crippen MR) is 269 cm³/mol. The molecule has 6 amide bonds. The fourth-order valence-electron chi connectivity index (χ4n) is 6.57. The summed E-state index contributed by atoms with van der Waals surface area (Å²) in [5, 5.41) is 10.3. The molecular weight excluding hydrogens is 985 g/mol. The van der Waals surface area contributed by atoms with E-state index in [1.165, 1.54) is 57.6 Å². The van der Waals surface area contributed by atoms with Gasteiger partial charge in [0.1, 0.15) is 56.0 Å². The van der Waals surface area contributed by atoms with Gasteiger partial charge in [0.15, 0.2) is 0 Å². The van der Waals surface area contributed by atoms with Crippen molar-refractivity contribution < 1.29 is 47.9 Å². The molecule has 4 heterocycles. The fourth-order valence-corrected chi connectivity index (χ4v) is 8.97. The van der Waals surface area contributed by atoms with Crippen LogP contribution in [0.1, 0.15) is 73.6 Å². The molecule has 0 spiro atoms. The molecule has 2 fully saturated rings. The molecule has 0 aliphatic carbocycles. The topological polar surface area (TPSA) is 238 Å². The van der Waals surface area contributed by atoms with Crippen molar-refractivity contribution in [2.45, 2.75) is 45.6 Å². The largest absolute Gasteiger partial charge is 0.444 e. The number of thiocarbonyl (C=S) groups is 2. The number of thioether (sulfide) groups is 2. The van der Waals surface area contributed by atoms with Gasteiger partial charge in [0.2, 0.25) is 5.91 Å². The van der Waals surface area contributed by atoms with Crippen molar-refractivity contribution in [3.05, 3.63) is 139 Å². The van der Waals surface area contributed by atoms with Gasteiger partial charge in [0.25, 0.3) is 34.7 Å². The summed E-state index contributed by atoms with van der Waals surface area (Å²) in [6, 6.07) is 20.7. The Balaban J connectivity index is 1.24. The maximum absolute atomic E-state index is 14.2. The van der Waals surface area contributed by atoms with Gasteiger partial charge in [-0.1, -0.05) is 109 Å². The monoisotopic (exact) mass is 1030 g/mol. The smallest absolute Gasteiger partial charge is 0.407 e. The lowest BCUT2D eigenvalue weighted by Crippen LogP contribution is -2.54. The molecule has 2 aliphatic heterocycles. The van der Waals surface area contributed by atoms with Crippen LogP contribution in [-0.4, -0.2) is 133 Å². The lowest BCUT2D eigenvalue weighted by molar-refractivity contribution is -0.123. The maximum Gasteiger partial charge on any atom is 0.407 e. The lowest BCUT2D eigenvalue weighted by atomic mass is 10.2. The minimum absolute atomic E-state index is 0.0347. The third-order valence-electron chi connectivity index (χ3n) is 9.98. The van der Waals surface area contributed by atoms with Gasteiger partial charge in [-0.3, -0.25) is 43.4 Å². The number of hydrogen-bond acceptors (Lipinski definition) is 16. The summed E-state index contributed by atoms with van der Waals surface area (Å²) in [6.07, 6.45) is -0.632. The molecule has 1 atom stereocenters. The molecule has 20 nitrogen and oxygen atoms in total. The minimum Gasteiger partial charge on any atom is -0.444 e. The fraction of sp³-hybridized carbons (Fsp3) is 0.348. The van der Waals surface area contributed by atoms with Crippen LogP contribution in [0, 0.1) is 0 Å². The molecule has 70 heavy (non-hydrogen) atoms. The van der Waals surface area contributed by atoms with Gasteiger partial charge in [-0.05, 0) is 56.2 Å². The summed E-state index contributed by atoms with van der Waals surface area (Å²) in [6.45, 7) is 4.79. The van der Waals surface area contributed by atoms with Crippen molar-refractivity contribution in [2.24, 2.45) is 0 Å². The van der Waals surface area contributed by atoms with Crippen molar-refractivity contribution in [3.8, 4) is 0 Å². The molecule has 24 heteroatoms. The van der Waals surface area contributed by atoms with Crippen LogP contribution in [-0.2, 0) is 27.5 Å². The van der Waals surface area contributed by atoms with E-state index in [9.17, 15) is 38.4 Å². The van der Waals surface area contributed by atoms with Gasteiger partial charge < -0.3 is 40.4 Å². The number of rotatable bonds is 20. The number of carbonyl (C=O) groups excluding carboxylic acids is 6. The number of nitrogens with zero attached hydrogens (tertiary/aromatic N) is 4. The highest BCUT2D eigenvalue weighted by molar-refractivity contribution is 8.23. The third kappa shape index (κ3) is 14.2. The van der Waals surface area contributed by atoms with E-state index in [1.54, 1.807) is 81.4 Å². The molecule has 4 N–H and O–H groups in total. The minimum atomic E-state index is -1.57. The number of hydrogen-bond donors (Lipinski definition) is 4. The molecule has 6 rings (SSSR count). The Bertz CT molecular complexity index is 2730. The first kappa shape index (κ1) is 52.8. The summed E-state index contributed by atoms with van der Waals surface area (Å²) in [5.74, 6) is -3.03. The second-order valence-electron chi connectivity index (χ2n) is 16.2. The Morgan fingerprint density at radius 3 is 1.57 bits per heavy atom. The number of nitrogens with one attached hydrogen (secondary N) is 4. The molecule has 4 aromatic rings. The molecule has 370 valence electrons. The second-order valence-corrected chi connectivity index (χ2v) is 19.6. The lowest BCUT2D eigenvalue weighted by Gasteiger charge is -2.22. The molecule has 2 saturated heterocycles. The SMILES string of the molecule is CC(C)(C)OC(=O)NCCOCCNC(=O)C(CNC(=O)c1ccc(C(=O)N2CCSC2=S)c(=O)n1OCc1ccccc1)NC(=O)c1ccc(C(=O)N2CCSC2=S)c(=O)n1OCc1ccccc1. The van der Waals surface area contributed by atoms with Crippen LogP contribution in [0.25, 0.3) is 0 Å². The molecule has 2 aromatic heterocycles. The second kappa shape index (κ2) is 24.8. The summed E-state index contributed by atoms with van der Waals surface area (Å²) < 4.78 is 12.7. The van der Waals surface area contributed by atoms with Crippen LogP contribution in [0.4, 0.5) is 4.79 Å². The van der Waals surface area contributed by atoms with Gasteiger partial charge in [-0.2, -0.15) is 0 Å². The van der Waals surface area contributed by atoms with E-state index in [-0.39, 0.29) is 73.7 Å². The van der Waals surface area contributed by atoms with Crippen LogP contribution >= 0.6 is 48.0 Å². The van der Waals surface area contributed by atoms with Gasteiger partial charge in [-0.25, -0.2) is 4.79 Å². The highest BCUT2D eigenvalue weighted by Gasteiger charge is 2.32. The van der Waals surface area contributed by atoms with Crippen molar-refractivity contribution in [2.75, 3.05) is 57.4 Å². The van der Waals surface area contributed by atoms with E-state index < -0.39 is 70.6 Å². The standard InChI is InChI=1S/C46H50N8O12S4/c1-46(2,3)66-43(62)48-19-23-63-22-18-47-36(55)33(50-38(57)35-17-15-32(40(59)52-21-25-70-45(52)68)42(61)54(35)65-28-30-12-8-5-9-13-30)26-49-37(56)34-16-14-31(39(58)51-20-24-69-44(51)67)41(60)53(34)64-27-29-10-6-4-7-11-29/h4-17,33H,18-28H2,1-3H3,(H,47,55)(H,48,62)(H,49,56)(H,50,57). The first-order valence-electron chi connectivity index (χ1n) is 21.8. The van der Waals surface area contributed by atoms with Crippen LogP contribution < -0.4 is 42.1 Å². The van der Waals surface area contributed by atoms with Gasteiger partial charge >= 0.3 is 6.09 Å². The normalized spacial score (nSPS) is 13.9. The third-order valence-corrected chi connectivity index (χ3v) is 12.8. The van der Waals surface area contributed by atoms with Crippen LogP contribution in [0.15, 0.2) is 94.5 Å². The van der Waals surface area contributed by atoms with E-state index in [0.29, 0.717) is 36.4 Å².